The number of likely N-dealkylation sites (tertiary alicyclic amines) is 1. The van der Waals surface area contributed by atoms with Crippen LogP contribution in [0.2, 0.25) is 0 Å². The van der Waals surface area contributed by atoms with Crippen LogP contribution in [0.5, 0.6) is 0 Å². The van der Waals surface area contributed by atoms with Crippen molar-refractivity contribution in [3.8, 4) is 0 Å². The molecule has 3 unspecified atom stereocenters. The summed E-state index contributed by atoms with van der Waals surface area (Å²) < 4.78 is 0. The molecule has 0 saturated carbocycles. The third-order valence-electron chi connectivity index (χ3n) is 6.62. The lowest BCUT2D eigenvalue weighted by molar-refractivity contribution is 0.125. The molecule has 3 atom stereocenters. The highest BCUT2D eigenvalue weighted by atomic mass is 32.1. The van der Waals surface area contributed by atoms with Crippen LogP contribution in [0, 0.1) is 5.92 Å². The Labute approximate surface area is 189 Å². The van der Waals surface area contributed by atoms with Gasteiger partial charge in [-0.3, -0.25) is 14.8 Å². The molecule has 2 aliphatic heterocycles. The Morgan fingerprint density at radius 2 is 2.13 bits per heavy atom. The second kappa shape index (κ2) is 10.3. The Kier molecular flexibility index (Phi) is 7.46. The summed E-state index contributed by atoms with van der Waals surface area (Å²) in [6, 6.07) is 7.75. The quantitative estimate of drug-likeness (QED) is 0.524. The van der Waals surface area contributed by atoms with Gasteiger partial charge in [0.25, 0.3) is 0 Å². The third kappa shape index (κ3) is 5.07. The van der Waals surface area contributed by atoms with Gasteiger partial charge in [-0.15, -0.1) is 22.7 Å². The van der Waals surface area contributed by atoms with Gasteiger partial charge >= 0.3 is 0 Å². The van der Waals surface area contributed by atoms with E-state index in [1.54, 1.807) is 4.88 Å². The molecule has 2 aliphatic rings. The van der Waals surface area contributed by atoms with Gasteiger partial charge in [0, 0.05) is 55.1 Å². The Morgan fingerprint density at radius 1 is 1.23 bits per heavy atom. The minimum absolute atomic E-state index is 0.483. The molecular weight excluding hydrogens is 410 g/mol. The van der Waals surface area contributed by atoms with E-state index in [0.717, 1.165) is 32.1 Å². The van der Waals surface area contributed by atoms with Gasteiger partial charge in [0.2, 0.25) is 0 Å². The SMILES string of the molecule is CN=C(NCC1CCCN(C)C1c1cccs1)NCC(C)N1CCc2sccc2C1. The van der Waals surface area contributed by atoms with Gasteiger partial charge < -0.3 is 10.6 Å². The molecule has 4 heterocycles. The third-order valence-corrected chi connectivity index (χ3v) is 8.59. The van der Waals surface area contributed by atoms with Crippen molar-refractivity contribution in [2.75, 3.05) is 40.3 Å². The van der Waals surface area contributed by atoms with Gasteiger partial charge in [-0.1, -0.05) is 6.07 Å². The van der Waals surface area contributed by atoms with Crippen LogP contribution in [-0.4, -0.2) is 62.1 Å². The summed E-state index contributed by atoms with van der Waals surface area (Å²) >= 11 is 3.79. The zero-order chi connectivity index (χ0) is 20.9. The Morgan fingerprint density at radius 3 is 2.93 bits per heavy atom. The molecule has 0 aromatic carbocycles. The number of aliphatic imine (C=N–C) groups is 1. The van der Waals surface area contributed by atoms with Crippen molar-refractivity contribution in [3.63, 3.8) is 0 Å². The van der Waals surface area contributed by atoms with E-state index < -0.39 is 0 Å². The van der Waals surface area contributed by atoms with Crippen molar-refractivity contribution < 1.29 is 0 Å². The number of hydrogen-bond acceptors (Lipinski definition) is 5. The lowest BCUT2D eigenvalue weighted by Crippen LogP contribution is -2.49. The first-order valence-corrected chi connectivity index (χ1v) is 12.9. The lowest BCUT2D eigenvalue weighted by Gasteiger charge is -2.39. The van der Waals surface area contributed by atoms with Crippen molar-refractivity contribution in [2.45, 2.75) is 44.8 Å². The average molecular weight is 446 g/mol. The van der Waals surface area contributed by atoms with E-state index in [2.05, 4.69) is 68.4 Å². The highest BCUT2D eigenvalue weighted by molar-refractivity contribution is 7.10. The monoisotopic (exact) mass is 445 g/mol. The second-order valence-corrected chi connectivity index (χ2v) is 10.6. The van der Waals surface area contributed by atoms with E-state index in [4.69, 9.17) is 0 Å². The summed E-state index contributed by atoms with van der Waals surface area (Å²) in [6.07, 6.45) is 3.72. The van der Waals surface area contributed by atoms with Gasteiger partial charge in [0.1, 0.15) is 0 Å². The Balaban J connectivity index is 1.27. The summed E-state index contributed by atoms with van der Waals surface area (Å²) in [5.41, 5.74) is 1.52. The molecule has 2 aromatic rings. The number of rotatable bonds is 6. The number of piperidine rings is 1. The average Bonchev–Trinajstić information content (AvgIpc) is 3.45. The molecule has 164 valence electrons. The zero-order valence-corrected chi connectivity index (χ0v) is 20.1. The molecular formula is C23H35N5S2. The van der Waals surface area contributed by atoms with E-state index in [1.807, 2.05) is 29.7 Å². The predicted octanol–water partition coefficient (Wildman–Crippen LogP) is 3.80. The number of thiophene rings is 2. The maximum Gasteiger partial charge on any atom is 0.191 e. The van der Waals surface area contributed by atoms with Crippen LogP contribution < -0.4 is 10.6 Å². The lowest BCUT2D eigenvalue weighted by atomic mass is 9.88. The zero-order valence-electron chi connectivity index (χ0n) is 18.4. The number of nitrogens with one attached hydrogen (secondary N) is 2. The molecule has 0 spiro atoms. The smallest absolute Gasteiger partial charge is 0.191 e. The summed E-state index contributed by atoms with van der Waals surface area (Å²) in [4.78, 5) is 12.7. The number of fused-ring (bicyclic) bond motifs is 1. The molecule has 2 aromatic heterocycles. The van der Waals surface area contributed by atoms with Crippen LogP contribution in [0.1, 0.15) is 41.1 Å². The second-order valence-electron chi connectivity index (χ2n) is 8.62. The van der Waals surface area contributed by atoms with Crippen LogP contribution in [-0.2, 0) is 13.0 Å². The standard InChI is InChI=1S/C23H35N5S2/c1-17(28-11-8-20-19(16-28)9-13-30-20)14-25-23(24-2)26-15-18-6-4-10-27(3)22(18)21-7-5-12-29-21/h5,7,9,12-13,17-18,22H,4,6,8,10-11,14-16H2,1-3H3,(H2,24,25,26). The fourth-order valence-corrected chi connectivity index (χ4v) is 6.72. The van der Waals surface area contributed by atoms with Crippen molar-refractivity contribution in [2.24, 2.45) is 10.9 Å². The first-order chi connectivity index (χ1) is 14.7. The van der Waals surface area contributed by atoms with Gasteiger partial charge in [-0.2, -0.15) is 0 Å². The van der Waals surface area contributed by atoms with Gasteiger partial charge in [0.05, 0.1) is 0 Å². The molecule has 4 rings (SSSR count). The van der Waals surface area contributed by atoms with Gasteiger partial charge in [-0.25, -0.2) is 0 Å². The highest BCUT2D eigenvalue weighted by Crippen LogP contribution is 2.36. The summed E-state index contributed by atoms with van der Waals surface area (Å²) in [7, 11) is 4.14. The molecule has 30 heavy (non-hydrogen) atoms. The molecule has 0 amide bonds. The number of nitrogens with zero attached hydrogens (tertiary/aromatic N) is 3. The van der Waals surface area contributed by atoms with Crippen molar-refractivity contribution >= 4 is 28.6 Å². The first kappa shape index (κ1) is 21.8. The van der Waals surface area contributed by atoms with E-state index in [1.165, 1.54) is 36.2 Å². The summed E-state index contributed by atoms with van der Waals surface area (Å²) in [6.45, 7) is 7.61. The molecule has 0 radical (unpaired) electrons. The fourth-order valence-electron chi connectivity index (χ4n) is 4.85. The Hall–Kier alpha value is -1.41. The molecule has 0 aliphatic carbocycles. The summed E-state index contributed by atoms with van der Waals surface area (Å²) in [5.74, 6) is 1.53. The van der Waals surface area contributed by atoms with Crippen molar-refractivity contribution in [1.29, 1.82) is 0 Å². The van der Waals surface area contributed by atoms with E-state index >= 15 is 0 Å². The number of guanidine groups is 1. The van der Waals surface area contributed by atoms with Gasteiger partial charge in [0.15, 0.2) is 5.96 Å². The number of hydrogen-bond donors (Lipinski definition) is 2. The van der Waals surface area contributed by atoms with Crippen LogP contribution in [0.4, 0.5) is 0 Å². The predicted molar refractivity (Wildman–Crippen MR) is 130 cm³/mol. The highest BCUT2D eigenvalue weighted by Gasteiger charge is 2.31. The van der Waals surface area contributed by atoms with Crippen LogP contribution >= 0.6 is 22.7 Å². The van der Waals surface area contributed by atoms with Crippen molar-refractivity contribution in [3.05, 3.63) is 44.3 Å². The van der Waals surface area contributed by atoms with E-state index in [9.17, 15) is 0 Å². The molecule has 5 nitrogen and oxygen atoms in total. The van der Waals surface area contributed by atoms with Crippen LogP contribution in [0.3, 0.4) is 0 Å². The molecule has 1 saturated heterocycles. The molecule has 1 fully saturated rings. The van der Waals surface area contributed by atoms with Gasteiger partial charge in [-0.05, 0) is 74.2 Å². The van der Waals surface area contributed by atoms with E-state index in [0.29, 0.717) is 18.0 Å². The maximum atomic E-state index is 4.49. The molecule has 7 heteroatoms. The summed E-state index contributed by atoms with van der Waals surface area (Å²) in [5, 5.41) is 11.6. The van der Waals surface area contributed by atoms with E-state index in [-0.39, 0.29) is 0 Å². The normalized spacial score (nSPS) is 24.4. The maximum absolute atomic E-state index is 4.49. The molecule has 2 N–H and O–H groups in total. The van der Waals surface area contributed by atoms with Crippen LogP contribution in [0.25, 0.3) is 0 Å². The van der Waals surface area contributed by atoms with Crippen LogP contribution in [0.15, 0.2) is 34.0 Å². The van der Waals surface area contributed by atoms with Crippen molar-refractivity contribution in [1.82, 2.24) is 20.4 Å². The molecule has 0 bridgehead atoms. The minimum Gasteiger partial charge on any atom is -0.356 e. The minimum atomic E-state index is 0.483. The largest absolute Gasteiger partial charge is 0.356 e. The topological polar surface area (TPSA) is 42.9 Å². The first-order valence-electron chi connectivity index (χ1n) is 11.1. The Bertz CT molecular complexity index is 815. The fraction of sp³-hybridized carbons (Fsp3) is 0.609.